The van der Waals surface area contributed by atoms with E-state index in [1.807, 2.05) is 24.3 Å². The molecule has 0 fully saturated rings. The molecule has 0 radical (unpaired) electrons. The molecule has 138 valence electrons. The Labute approximate surface area is 156 Å². The summed E-state index contributed by atoms with van der Waals surface area (Å²) < 4.78 is 9.60. The molecule has 0 spiro atoms. The zero-order chi connectivity index (χ0) is 18.9. The Balaban J connectivity index is 2.02. The van der Waals surface area contributed by atoms with Crippen LogP contribution < -0.4 is 15.1 Å². The summed E-state index contributed by atoms with van der Waals surface area (Å²) in [4.78, 5) is 21.6. The minimum atomic E-state index is -0.738. The van der Waals surface area contributed by atoms with Crippen molar-refractivity contribution in [2.24, 2.45) is 5.16 Å². The van der Waals surface area contributed by atoms with Crippen molar-refractivity contribution >= 4 is 23.4 Å². The molecule has 26 heavy (non-hydrogen) atoms. The number of methoxy groups -OCH3 is 2. The molecule has 0 heterocycles. The number of hydroxylamine groups is 1. The third-order valence-corrected chi connectivity index (χ3v) is 3.66. The van der Waals surface area contributed by atoms with Gasteiger partial charge < -0.3 is 19.1 Å². The van der Waals surface area contributed by atoms with Crippen molar-refractivity contribution in [3.8, 4) is 11.5 Å². The van der Waals surface area contributed by atoms with Crippen molar-refractivity contribution in [3.05, 3.63) is 58.6 Å². The van der Waals surface area contributed by atoms with Gasteiger partial charge in [-0.05, 0) is 36.8 Å². The van der Waals surface area contributed by atoms with E-state index in [-0.39, 0.29) is 5.75 Å². The van der Waals surface area contributed by atoms with Gasteiger partial charge in [-0.3, -0.25) is 0 Å². The zero-order valence-electron chi connectivity index (χ0n) is 14.6. The molecule has 0 saturated heterocycles. The molecule has 2 aromatic rings. The highest BCUT2D eigenvalue weighted by Gasteiger charge is 2.08. The van der Waals surface area contributed by atoms with Crippen LogP contribution in [0.4, 0.5) is 4.79 Å². The average molecular weight is 379 g/mol. The average Bonchev–Trinajstić information content (AvgIpc) is 2.67. The number of benzene rings is 2. The van der Waals surface area contributed by atoms with Gasteiger partial charge in [-0.15, -0.1) is 0 Å². The van der Waals surface area contributed by atoms with Gasteiger partial charge in [0, 0.05) is 5.56 Å². The molecule has 0 saturated carbocycles. The lowest BCUT2D eigenvalue weighted by atomic mass is 10.1. The second-order valence-electron chi connectivity index (χ2n) is 5.14. The summed E-state index contributed by atoms with van der Waals surface area (Å²) in [6.07, 6.45) is -0.738. The Morgan fingerprint density at radius 2 is 2.00 bits per heavy atom. The van der Waals surface area contributed by atoms with Crippen LogP contribution in [0.5, 0.6) is 11.5 Å². The second-order valence-corrected chi connectivity index (χ2v) is 5.55. The molecule has 8 heteroatoms. The molecule has 0 aliphatic carbocycles. The molecule has 0 bridgehead atoms. The molecule has 2 aromatic carbocycles. The van der Waals surface area contributed by atoms with Crippen LogP contribution in [0.25, 0.3) is 0 Å². The van der Waals surface area contributed by atoms with Crippen molar-refractivity contribution in [2.75, 3.05) is 14.2 Å². The summed E-state index contributed by atoms with van der Waals surface area (Å²) >= 11 is 6.04. The number of nitrogens with one attached hydrogen (secondary N) is 1. The maximum atomic E-state index is 11.1. The minimum Gasteiger partial charge on any atom is -0.497 e. The summed E-state index contributed by atoms with van der Waals surface area (Å²) in [7, 11) is 2.84. The van der Waals surface area contributed by atoms with Crippen LogP contribution in [-0.2, 0) is 16.2 Å². The first-order valence-corrected chi connectivity index (χ1v) is 8.01. The maximum Gasteiger partial charge on any atom is 0.440 e. The van der Waals surface area contributed by atoms with Crippen LogP contribution in [0, 0.1) is 0 Å². The van der Waals surface area contributed by atoms with Gasteiger partial charge in [0.1, 0.15) is 12.4 Å². The SMILES string of the molecule is COC(=O)NOc1cc(C(C)=NOCc2cccc(OC)c2)ccc1Cl. The van der Waals surface area contributed by atoms with Gasteiger partial charge >= 0.3 is 6.09 Å². The molecular weight excluding hydrogens is 360 g/mol. The standard InChI is InChI=1S/C18H19ClN2O5/c1-12(20-25-11-13-5-4-6-15(9-13)23-2)14-7-8-16(19)17(10-14)26-21-18(22)24-3/h4-10H,11H2,1-3H3,(H,21,22). The summed E-state index contributed by atoms with van der Waals surface area (Å²) in [6, 6.07) is 12.6. The van der Waals surface area contributed by atoms with Crippen LogP contribution >= 0.6 is 11.6 Å². The maximum absolute atomic E-state index is 11.1. The van der Waals surface area contributed by atoms with E-state index < -0.39 is 6.09 Å². The van der Waals surface area contributed by atoms with Gasteiger partial charge in [0.2, 0.25) is 0 Å². The molecule has 0 atom stereocenters. The fourth-order valence-corrected chi connectivity index (χ4v) is 2.12. The predicted molar refractivity (Wildman–Crippen MR) is 97.6 cm³/mol. The smallest absolute Gasteiger partial charge is 0.440 e. The minimum absolute atomic E-state index is 0.261. The Bertz CT molecular complexity index is 795. The largest absolute Gasteiger partial charge is 0.497 e. The second kappa shape index (κ2) is 9.53. The number of rotatable bonds is 7. The molecule has 7 nitrogen and oxygen atoms in total. The molecular formula is C18H19ClN2O5. The molecule has 1 amide bonds. The van der Waals surface area contributed by atoms with E-state index in [9.17, 15) is 4.79 Å². The lowest BCUT2D eigenvalue weighted by Crippen LogP contribution is -2.26. The van der Waals surface area contributed by atoms with Crippen LogP contribution in [0.15, 0.2) is 47.6 Å². The first-order chi connectivity index (χ1) is 12.5. The van der Waals surface area contributed by atoms with E-state index in [4.69, 9.17) is 26.0 Å². The lowest BCUT2D eigenvalue weighted by molar-refractivity contribution is 0.118. The van der Waals surface area contributed by atoms with Gasteiger partial charge in [0.05, 0.1) is 25.0 Å². The van der Waals surface area contributed by atoms with E-state index >= 15 is 0 Å². The van der Waals surface area contributed by atoms with Gasteiger partial charge in [0.15, 0.2) is 5.75 Å². The van der Waals surface area contributed by atoms with Crippen molar-refractivity contribution < 1.29 is 23.9 Å². The Morgan fingerprint density at radius 1 is 1.19 bits per heavy atom. The van der Waals surface area contributed by atoms with Crippen molar-refractivity contribution in [1.29, 1.82) is 0 Å². The number of ether oxygens (including phenoxy) is 2. The first-order valence-electron chi connectivity index (χ1n) is 7.63. The Hall–Kier alpha value is -2.93. The predicted octanol–water partition coefficient (Wildman–Crippen LogP) is 3.94. The van der Waals surface area contributed by atoms with Gasteiger partial charge in [0.25, 0.3) is 0 Å². The summed E-state index contributed by atoms with van der Waals surface area (Å²) in [5.41, 5.74) is 4.38. The molecule has 0 aliphatic rings. The van der Waals surface area contributed by atoms with Crippen molar-refractivity contribution in [1.82, 2.24) is 5.48 Å². The summed E-state index contributed by atoms with van der Waals surface area (Å²) in [5.74, 6) is 1.02. The first kappa shape index (κ1) is 19.4. The highest BCUT2D eigenvalue weighted by molar-refractivity contribution is 6.32. The number of carbonyl (C=O) groups is 1. The number of amides is 1. The molecule has 0 aliphatic heterocycles. The quantitative estimate of drug-likeness (QED) is 0.583. The molecule has 2 rings (SSSR count). The highest BCUT2D eigenvalue weighted by atomic mass is 35.5. The number of hydrogen-bond acceptors (Lipinski definition) is 6. The number of hydrogen-bond donors (Lipinski definition) is 1. The number of oxime groups is 1. The van der Waals surface area contributed by atoms with Crippen molar-refractivity contribution in [3.63, 3.8) is 0 Å². The monoisotopic (exact) mass is 378 g/mol. The number of halogens is 1. The number of carbonyl (C=O) groups excluding carboxylic acids is 1. The van der Waals surface area contributed by atoms with E-state index in [0.717, 1.165) is 16.9 Å². The van der Waals surface area contributed by atoms with Crippen LogP contribution in [0.2, 0.25) is 5.02 Å². The fourth-order valence-electron chi connectivity index (χ4n) is 1.96. The normalized spacial score (nSPS) is 10.8. The summed E-state index contributed by atoms with van der Waals surface area (Å²) in [6.45, 7) is 2.09. The molecule has 0 aromatic heterocycles. The molecule has 1 N–H and O–H groups in total. The van der Waals surface area contributed by atoms with Crippen molar-refractivity contribution in [2.45, 2.75) is 13.5 Å². The Morgan fingerprint density at radius 3 is 2.73 bits per heavy atom. The topological polar surface area (TPSA) is 78.4 Å². The fraction of sp³-hybridized carbons (Fsp3) is 0.222. The third-order valence-electron chi connectivity index (χ3n) is 3.35. The van der Waals surface area contributed by atoms with E-state index in [0.29, 0.717) is 17.3 Å². The lowest BCUT2D eigenvalue weighted by Gasteiger charge is -2.09. The van der Waals surface area contributed by atoms with Gasteiger partial charge in [-0.1, -0.05) is 35.0 Å². The molecule has 0 unspecified atom stereocenters. The van der Waals surface area contributed by atoms with Gasteiger partial charge in [-0.2, -0.15) is 5.48 Å². The third kappa shape index (κ3) is 5.56. The van der Waals surface area contributed by atoms with Crippen LogP contribution in [0.3, 0.4) is 0 Å². The Kier molecular flexibility index (Phi) is 7.11. The number of nitrogens with zero attached hydrogens (tertiary/aromatic N) is 1. The van der Waals surface area contributed by atoms with Crippen LogP contribution in [-0.4, -0.2) is 26.0 Å². The highest BCUT2D eigenvalue weighted by Crippen LogP contribution is 2.25. The van der Waals surface area contributed by atoms with Crippen LogP contribution in [0.1, 0.15) is 18.1 Å². The van der Waals surface area contributed by atoms with E-state index in [1.165, 1.54) is 7.11 Å². The van der Waals surface area contributed by atoms with E-state index in [2.05, 4.69) is 15.4 Å². The zero-order valence-corrected chi connectivity index (χ0v) is 15.4. The van der Waals surface area contributed by atoms with E-state index in [1.54, 1.807) is 32.2 Å². The summed E-state index contributed by atoms with van der Waals surface area (Å²) in [5, 5.41) is 4.42. The van der Waals surface area contributed by atoms with Gasteiger partial charge in [-0.25, -0.2) is 4.79 Å².